The smallest absolute Gasteiger partial charge is 0.251 e. The summed E-state index contributed by atoms with van der Waals surface area (Å²) in [5, 5.41) is 4.94. The average molecular weight is 319 g/mol. The molecule has 0 bridgehead atoms. The van der Waals surface area contributed by atoms with Crippen molar-refractivity contribution >= 4 is 17.2 Å². The van der Waals surface area contributed by atoms with Crippen LogP contribution in [0.1, 0.15) is 15.2 Å². The summed E-state index contributed by atoms with van der Waals surface area (Å²) in [7, 11) is 1.55. The van der Waals surface area contributed by atoms with Gasteiger partial charge in [-0.15, -0.1) is 11.3 Å². The van der Waals surface area contributed by atoms with E-state index in [9.17, 15) is 4.79 Å². The van der Waals surface area contributed by atoms with Gasteiger partial charge in [-0.05, 0) is 30.0 Å². The van der Waals surface area contributed by atoms with Crippen molar-refractivity contribution in [3.05, 3.63) is 40.1 Å². The van der Waals surface area contributed by atoms with Gasteiger partial charge in [0.2, 0.25) is 5.75 Å². The fraction of sp³-hybridized carbons (Fsp3) is 0.312. The van der Waals surface area contributed by atoms with E-state index >= 15 is 0 Å². The first-order valence-corrected chi connectivity index (χ1v) is 7.94. The van der Waals surface area contributed by atoms with Crippen molar-refractivity contribution in [2.45, 2.75) is 6.42 Å². The maximum Gasteiger partial charge on any atom is 0.251 e. The largest absolute Gasteiger partial charge is 0.493 e. The topological polar surface area (TPSA) is 56.8 Å². The molecule has 1 N–H and O–H groups in total. The van der Waals surface area contributed by atoms with Crippen molar-refractivity contribution in [3.63, 3.8) is 0 Å². The van der Waals surface area contributed by atoms with E-state index in [0.29, 0.717) is 42.6 Å². The molecule has 1 aliphatic heterocycles. The van der Waals surface area contributed by atoms with E-state index in [-0.39, 0.29) is 5.91 Å². The average Bonchev–Trinajstić information content (AvgIpc) is 3.07. The summed E-state index contributed by atoms with van der Waals surface area (Å²) >= 11 is 1.69. The van der Waals surface area contributed by atoms with E-state index in [1.807, 2.05) is 11.4 Å². The highest BCUT2D eigenvalue weighted by molar-refractivity contribution is 7.09. The number of thiophene rings is 1. The Morgan fingerprint density at radius 1 is 1.36 bits per heavy atom. The Balaban J connectivity index is 1.69. The van der Waals surface area contributed by atoms with Gasteiger partial charge in [0.1, 0.15) is 13.2 Å². The zero-order valence-corrected chi connectivity index (χ0v) is 13.1. The summed E-state index contributed by atoms with van der Waals surface area (Å²) in [6.07, 6.45) is 0.824. The molecule has 0 radical (unpaired) electrons. The Morgan fingerprint density at radius 2 is 2.23 bits per heavy atom. The van der Waals surface area contributed by atoms with Gasteiger partial charge in [0.05, 0.1) is 7.11 Å². The number of hydrogen-bond donors (Lipinski definition) is 1. The Labute approximate surface area is 132 Å². The molecule has 0 unspecified atom stereocenters. The number of nitrogens with one attached hydrogen (secondary N) is 1. The zero-order valence-electron chi connectivity index (χ0n) is 12.3. The first-order chi connectivity index (χ1) is 10.8. The molecule has 5 nitrogen and oxygen atoms in total. The van der Waals surface area contributed by atoms with E-state index in [2.05, 4.69) is 11.4 Å². The van der Waals surface area contributed by atoms with E-state index in [1.54, 1.807) is 30.6 Å². The zero-order chi connectivity index (χ0) is 15.4. The summed E-state index contributed by atoms with van der Waals surface area (Å²) in [6, 6.07) is 7.43. The lowest BCUT2D eigenvalue weighted by atomic mass is 10.1. The van der Waals surface area contributed by atoms with Crippen LogP contribution in [0.3, 0.4) is 0 Å². The van der Waals surface area contributed by atoms with Crippen molar-refractivity contribution in [2.24, 2.45) is 0 Å². The minimum atomic E-state index is -0.146. The molecule has 0 saturated carbocycles. The van der Waals surface area contributed by atoms with Crippen LogP contribution in [-0.4, -0.2) is 32.8 Å². The minimum absolute atomic E-state index is 0.146. The highest BCUT2D eigenvalue weighted by Crippen LogP contribution is 2.40. The third kappa shape index (κ3) is 3.17. The second-order valence-corrected chi connectivity index (χ2v) is 5.82. The molecule has 0 saturated heterocycles. The number of methoxy groups -OCH3 is 1. The van der Waals surface area contributed by atoms with Crippen LogP contribution < -0.4 is 19.5 Å². The molecule has 1 aliphatic rings. The highest BCUT2D eigenvalue weighted by Gasteiger charge is 2.20. The Kier molecular flexibility index (Phi) is 4.48. The van der Waals surface area contributed by atoms with Crippen molar-refractivity contribution in [1.29, 1.82) is 0 Å². The first-order valence-electron chi connectivity index (χ1n) is 7.06. The van der Waals surface area contributed by atoms with Crippen LogP contribution >= 0.6 is 11.3 Å². The molecule has 3 rings (SSSR count). The predicted octanol–water partition coefficient (Wildman–Crippen LogP) is 2.50. The van der Waals surface area contributed by atoms with Crippen LogP contribution in [0.25, 0.3) is 0 Å². The van der Waals surface area contributed by atoms with Crippen LogP contribution in [-0.2, 0) is 6.42 Å². The highest BCUT2D eigenvalue weighted by atomic mass is 32.1. The molecule has 1 aromatic carbocycles. The summed E-state index contributed by atoms with van der Waals surface area (Å²) in [5.74, 6) is 1.48. The molecule has 6 heteroatoms. The molecule has 0 aliphatic carbocycles. The van der Waals surface area contributed by atoms with E-state index in [4.69, 9.17) is 14.2 Å². The van der Waals surface area contributed by atoms with Crippen LogP contribution in [0.15, 0.2) is 29.6 Å². The second-order valence-electron chi connectivity index (χ2n) is 4.79. The van der Waals surface area contributed by atoms with Crippen LogP contribution in [0.4, 0.5) is 0 Å². The van der Waals surface area contributed by atoms with E-state index in [0.717, 1.165) is 6.42 Å². The number of rotatable bonds is 5. The Morgan fingerprint density at radius 3 is 3.00 bits per heavy atom. The van der Waals surface area contributed by atoms with Gasteiger partial charge in [0.25, 0.3) is 5.91 Å². The normalized spacial score (nSPS) is 12.8. The second kappa shape index (κ2) is 6.70. The minimum Gasteiger partial charge on any atom is -0.493 e. The lowest BCUT2D eigenvalue weighted by Gasteiger charge is -2.21. The number of carbonyl (C=O) groups is 1. The van der Waals surface area contributed by atoms with Crippen LogP contribution in [0, 0.1) is 0 Å². The molecular weight excluding hydrogens is 302 g/mol. The van der Waals surface area contributed by atoms with Crippen LogP contribution in [0.5, 0.6) is 17.2 Å². The predicted molar refractivity (Wildman–Crippen MR) is 84.3 cm³/mol. The van der Waals surface area contributed by atoms with E-state index < -0.39 is 0 Å². The fourth-order valence-electron chi connectivity index (χ4n) is 2.26. The number of amides is 1. The van der Waals surface area contributed by atoms with Crippen LogP contribution in [0.2, 0.25) is 0 Å². The molecule has 116 valence electrons. The molecule has 2 heterocycles. The maximum atomic E-state index is 12.3. The molecule has 0 spiro atoms. The third-order valence-electron chi connectivity index (χ3n) is 3.33. The summed E-state index contributed by atoms with van der Waals surface area (Å²) in [5.41, 5.74) is 0.507. The van der Waals surface area contributed by atoms with Gasteiger partial charge in [-0.25, -0.2) is 0 Å². The third-order valence-corrected chi connectivity index (χ3v) is 4.26. The van der Waals surface area contributed by atoms with Gasteiger partial charge in [-0.3, -0.25) is 4.79 Å². The first kappa shape index (κ1) is 14.7. The Hall–Kier alpha value is -2.21. The lowest BCUT2D eigenvalue weighted by molar-refractivity contribution is 0.0952. The Bertz CT molecular complexity index is 637. The molecule has 22 heavy (non-hydrogen) atoms. The van der Waals surface area contributed by atoms with Gasteiger partial charge in [-0.1, -0.05) is 6.07 Å². The number of fused-ring (bicyclic) bond motifs is 1. The molecular formula is C16H17NO4S. The SMILES string of the molecule is COc1cc(C(=O)NCCc2cccs2)cc2c1OCCO2. The molecule has 1 aromatic heterocycles. The van der Waals surface area contributed by atoms with Crippen molar-refractivity contribution < 1.29 is 19.0 Å². The monoisotopic (exact) mass is 319 g/mol. The number of hydrogen-bond acceptors (Lipinski definition) is 5. The van der Waals surface area contributed by atoms with Crippen molar-refractivity contribution in [3.8, 4) is 17.2 Å². The van der Waals surface area contributed by atoms with Gasteiger partial charge >= 0.3 is 0 Å². The lowest BCUT2D eigenvalue weighted by Crippen LogP contribution is -2.26. The quantitative estimate of drug-likeness (QED) is 0.920. The fourth-order valence-corrected chi connectivity index (χ4v) is 2.97. The molecule has 0 fully saturated rings. The van der Waals surface area contributed by atoms with Gasteiger partial charge in [-0.2, -0.15) is 0 Å². The maximum absolute atomic E-state index is 12.3. The number of ether oxygens (including phenoxy) is 3. The molecule has 0 atom stereocenters. The summed E-state index contributed by atoms with van der Waals surface area (Å²) in [6.45, 7) is 1.55. The summed E-state index contributed by atoms with van der Waals surface area (Å²) in [4.78, 5) is 13.5. The standard InChI is InChI=1S/C16H17NO4S/c1-19-13-9-11(10-14-15(13)21-7-6-20-14)16(18)17-5-4-12-3-2-8-22-12/h2-3,8-10H,4-7H2,1H3,(H,17,18). The van der Waals surface area contributed by atoms with Crippen molar-refractivity contribution in [2.75, 3.05) is 26.9 Å². The molecule has 1 amide bonds. The number of carbonyl (C=O) groups excluding carboxylic acids is 1. The number of benzene rings is 1. The van der Waals surface area contributed by atoms with Gasteiger partial charge < -0.3 is 19.5 Å². The summed E-state index contributed by atoms with van der Waals surface area (Å²) < 4.78 is 16.4. The van der Waals surface area contributed by atoms with Gasteiger partial charge in [0, 0.05) is 17.0 Å². The van der Waals surface area contributed by atoms with Gasteiger partial charge in [0.15, 0.2) is 11.5 Å². The van der Waals surface area contributed by atoms with Crippen molar-refractivity contribution in [1.82, 2.24) is 5.32 Å². The van der Waals surface area contributed by atoms with E-state index in [1.165, 1.54) is 4.88 Å². The molecule has 2 aromatic rings.